The van der Waals surface area contributed by atoms with Crippen LogP contribution in [-0.4, -0.2) is 20.7 Å². The number of fused-ring (bicyclic) bond motifs is 1. The van der Waals surface area contributed by atoms with Gasteiger partial charge in [0.2, 0.25) is 0 Å². The van der Waals surface area contributed by atoms with Gasteiger partial charge in [0.1, 0.15) is 0 Å². The van der Waals surface area contributed by atoms with Crippen molar-refractivity contribution in [2.75, 3.05) is 5.32 Å². The number of aryl methyl sites for hydroxylation is 1. The van der Waals surface area contributed by atoms with E-state index in [1.165, 1.54) is 11.3 Å². The van der Waals surface area contributed by atoms with Crippen LogP contribution >= 0.6 is 22.9 Å². The molecule has 0 bridgehead atoms. The summed E-state index contributed by atoms with van der Waals surface area (Å²) in [5.74, 6) is -0.229. The second kappa shape index (κ2) is 6.55. The lowest BCUT2D eigenvalue weighted by Gasteiger charge is -2.05. The van der Waals surface area contributed by atoms with Gasteiger partial charge in [-0.3, -0.25) is 10.1 Å². The Labute approximate surface area is 159 Å². The summed E-state index contributed by atoms with van der Waals surface area (Å²) >= 11 is 7.50. The van der Waals surface area contributed by atoms with Crippen molar-refractivity contribution in [3.8, 4) is 5.69 Å². The monoisotopic (exact) mass is 382 g/mol. The molecule has 0 radical (unpaired) electrons. The van der Waals surface area contributed by atoms with E-state index in [1.807, 2.05) is 56.3 Å². The molecule has 0 atom stereocenters. The van der Waals surface area contributed by atoms with E-state index in [0.29, 0.717) is 15.7 Å². The van der Waals surface area contributed by atoms with E-state index in [0.717, 1.165) is 27.2 Å². The van der Waals surface area contributed by atoms with Crippen LogP contribution in [0.15, 0.2) is 48.7 Å². The van der Waals surface area contributed by atoms with Crippen molar-refractivity contribution in [1.29, 1.82) is 0 Å². The fourth-order valence-electron chi connectivity index (χ4n) is 2.83. The lowest BCUT2D eigenvalue weighted by molar-refractivity contribution is 0.102. The molecule has 0 saturated carbocycles. The summed E-state index contributed by atoms with van der Waals surface area (Å²) in [6.45, 7) is 3.82. The van der Waals surface area contributed by atoms with Crippen molar-refractivity contribution in [2.24, 2.45) is 0 Å². The highest BCUT2D eigenvalue weighted by Crippen LogP contribution is 2.31. The van der Waals surface area contributed by atoms with Gasteiger partial charge in [0.25, 0.3) is 5.91 Å². The molecular weight excluding hydrogens is 368 g/mol. The van der Waals surface area contributed by atoms with Crippen LogP contribution in [0.25, 0.3) is 15.9 Å². The molecule has 0 aliphatic rings. The van der Waals surface area contributed by atoms with Gasteiger partial charge in [-0.15, -0.1) is 0 Å². The Morgan fingerprint density at radius 2 is 1.96 bits per heavy atom. The zero-order chi connectivity index (χ0) is 18.3. The summed E-state index contributed by atoms with van der Waals surface area (Å²) in [5, 5.41) is 8.42. The van der Waals surface area contributed by atoms with Gasteiger partial charge in [-0.05, 0) is 43.7 Å². The van der Waals surface area contributed by atoms with Crippen LogP contribution in [0.1, 0.15) is 21.6 Å². The number of para-hydroxylation sites is 1. The van der Waals surface area contributed by atoms with Gasteiger partial charge in [-0.1, -0.05) is 41.1 Å². The van der Waals surface area contributed by atoms with Crippen molar-refractivity contribution in [2.45, 2.75) is 13.8 Å². The van der Waals surface area contributed by atoms with Gasteiger partial charge in [0, 0.05) is 5.02 Å². The Bertz CT molecular complexity index is 1120. The van der Waals surface area contributed by atoms with Crippen LogP contribution < -0.4 is 5.32 Å². The first kappa shape index (κ1) is 16.8. The lowest BCUT2D eigenvalue weighted by Crippen LogP contribution is -2.12. The fraction of sp³-hybridized carbons (Fsp3) is 0.105. The second-order valence-electron chi connectivity index (χ2n) is 5.93. The van der Waals surface area contributed by atoms with Crippen molar-refractivity contribution in [3.05, 3.63) is 70.5 Å². The summed E-state index contributed by atoms with van der Waals surface area (Å²) in [6, 6.07) is 13.4. The summed E-state index contributed by atoms with van der Waals surface area (Å²) in [7, 11) is 0. The van der Waals surface area contributed by atoms with E-state index >= 15 is 0 Å². The minimum absolute atomic E-state index is 0.229. The number of carbonyl (C=O) groups is 1. The Morgan fingerprint density at radius 3 is 2.73 bits per heavy atom. The number of hydrogen-bond donors (Lipinski definition) is 1. The maximum absolute atomic E-state index is 12.7. The molecule has 0 unspecified atom stereocenters. The first-order valence-electron chi connectivity index (χ1n) is 8.01. The number of nitrogens with one attached hydrogen (secondary N) is 1. The first-order valence-corrected chi connectivity index (χ1v) is 9.20. The van der Waals surface area contributed by atoms with Crippen molar-refractivity contribution in [3.63, 3.8) is 0 Å². The number of benzene rings is 2. The molecule has 7 heteroatoms. The highest BCUT2D eigenvalue weighted by molar-refractivity contribution is 7.22. The molecule has 2 aromatic carbocycles. The predicted molar refractivity (Wildman–Crippen MR) is 106 cm³/mol. The third-order valence-electron chi connectivity index (χ3n) is 4.13. The number of hydrogen-bond acceptors (Lipinski definition) is 4. The molecule has 4 aromatic rings. The van der Waals surface area contributed by atoms with Gasteiger partial charge < -0.3 is 0 Å². The van der Waals surface area contributed by atoms with E-state index in [1.54, 1.807) is 10.9 Å². The average molecular weight is 383 g/mol. The van der Waals surface area contributed by atoms with Gasteiger partial charge in [-0.25, -0.2) is 9.67 Å². The Hall–Kier alpha value is -2.70. The number of thiazole rings is 1. The molecule has 0 aliphatic heterocycles. The van der Waals surface area contributed by atoms with Gasteiger partial charge in [-0.2, -0.15) is 5.10 Å². The number of amides is 1. The van der Waals surface area contributed by atoms with Crippen LogP contribution in [-0.2, 0) is 0 Å². The number of aromatic nitrogens is 3. The zero-order valence-electron chi connectivity index (χ0n) is 14.2. The van der Waals surface area contributed by atoms with Crippen LogP contribution in [0.2, 0.25) is 5.02 Å². The summed E-state index contributed by atoms with van der Waals surface area (Å²) in [4.78, 5) is 17.2. The molecule has 1 amide bonds. The Balaban J connectivity index is 1.63. The Kier molecular flexibility index (Phi) is 4.22. The van der Waals surface area contributed by atoms with Crippen molar-refractivity contribution < 1.29 is 4.79 Å². The van der Waals surface area contributed by atoms with Crippen molar-refractivity contribution in [1.82, 2.24) is 14.8 Å². The molecule has 5 nitrogen and oxygen atoms in total. The number of rotatable bonds is 3. The van der Waals surface area contributed by atoms with E-state index < -0.39 is 0 Å². The minimum atomic E-state index is -0.229. The summed E-state index contributed by atoms with van der Waals surface area (Å²) in [6.07, 6.45) is 1.58. The van der Waals surface area contributed by atoms with Crippen molar-refractivity contribution >= 4 is 44.2 Å². The topological polar surface area (TPSA) is 59.8 Å². The molecule has 130 valence electrons. The SMILES string of the molecule is Cc1cc(Cl)cc2sc(NC(=O)c3cnn(-c4ccccc4)c3C)nc12. The molecule has 0 saturated heterocycles. The van der Waals surface area contributed by atoms with Crippen LogP contribution in [0.5, 0.6) is 0 Å². The van der Waals surface area contributed by atoms with Crippen LogP contribution in [0, 0.1) is 13.8 Å². The highest BCUT2D eigenvalue weighted by Gasteiger charge is 2.17. The molecular formula is C19H15ClN4OS. The largest absolute Gasteiger partial charge is 0.298 e. The number of carbonyl (C=O) groups excluding carboxylic acids is 1. The Morgan fingerprint density at radius 1 is 1.19 bits per heavy atom. The number of halogens is 1. The van der Waals surface area contributed by atoms with E-state index in [4.69, 9.17) is 11.6 Å². The fourth-order valence-corrected chi connectivity index (χ4v) is 4.15. The average Bonchev–Trinajstić information content (AvgIpc) is 3.19. The van der Waals surface area contributed by atoms with E-state index in [-0.39, 0.29) is 5.91 Å². The van der Waals surface area contributed by atoms with Gasteiger partial charge in [0.15, 0.2) is 5.13 Å². The standard InChI is InChI=1S/C19H15ClN4OS/c1-11-8-13(20)9-16-17(11)22-19(26-16)23-18(25)15-10-21-24(12(15)2)14-6-4-3-5-7-14/h3-10H,1-2H3,(H,22,23,25). The minimum Gasteiger partial charge on any atom is -0.298 e. The normalized spacial score (nSPS) is 11.0. The number of nitrogens with zero attached hydrogens (tertiary/aromatic N) is 3. The molecule has 0 fully saturated rings. The van der Waals surface area contributed by atoms with Crippen LogP contribution in [0.3, 0.4) is 0 Å². The maximum atomic E-state index is 12.7. The quantitative estimate of drug-likeness (QED) is 0.542. The lowest BCUT2D eigenvalue weighted by atomic mass is 10.2. The van der Waals surface area contributed by atoms with Gasteiger partial charge >= 0.3 is 0 Å². The maximum Gasteiger partial charge on any atom is 0.260 e. The van der Waals surface area contributed by atoms with E-state index in [9.17, 15) is 4.79 Å². The smallest absolute Gasteiger partial charge is 0.260 e. The highest BCUT2D eigenvalue weighted by atomic mass is 35.5. The summed E-state index contributed by atoms with van der Waals surface area (Å²) < 4.78 is 2.69. The third-order valence-corrected chi connectivity index (χ3v) is 5.26. The third kappa shape index (κ3) is 2.98. The van der Waals surface area contributed by atoms with Crippen LogP contribution in [0.4, 0.5) is 5.13 Å². The molecule has 1 N–H and O–H groups in total. The second-order valence-corrected chi connectivity index (χ2v) is 7.40. The predicted octanol–water partition coefficient (Wildman–Crippen LogP) is 5.00. The number of anilines is 1. The van der Waals surface area contributed by atoms with Gasteiger partial charge in [0.05, 0.1) is 33.4 Å². The first-order chi connectivity index (χ1) is 12.5. The molecule has 2 heterocycles. The molecule has 0 spiro atoms. The zero-order valence-corrected chi connectivity index (χ0v) is 15.7. The molecule has 4 rings (SSSR count). The molecule has 2 aromatic heterocycles. The summed E-state index contributed by atoms with van der Waals surface area (Å²) in [5.41, 5.74) is 4.04. The molecule has 26 heavy (non-hydrogen) atoms. The molecule has 0 aliphatic carbocycles. The van der Waals surface area contributed by atoms with E-state index in [2.05, 4.69) is 15.4 Å².